The average Bonchev–Trinajstić information content (AvgIpc) is 2.59. The number of alkyl halides is 3. The maximum atomic E-state index is 12.2. The van der Waals surface area contributed by atoms with Crippen molar-refractivity contribution in [3.05, 3.63) is 46.1 Å². The lowest BCUT2D eigenvalue weighted by Gasteiger charge is -2.08. The van der Waals surface area contributed by atoms with Crippen LogP contribution in [0, 0.1) is 13.8 Å². The molecule has 0 saturated carbocycles. The monoisotopic (exact) mass is 337 g/mol. The van der Waals surface area contributed by atoms with Crippen molar-refractivity contribution >= 4 is 46.8 Å². The van der Waals surface area contributed by atoms with Gasteiger partial charge in [-0.15, -0.1) is 9.19 Å². The van der Waals surface area contributed by atoms with Crippen LogP contribution in [0.15, 0.2) is 29.3 Å². The van der Waals surface area contributed by atoms with Crippen LogP contribution in [0.2, 0.25) is 0 Å². The van der Waals surface area contributed by atoms with Crippen molar-refractivity contribution in [3.8, 4) is 5.69 Å². The minimum Gasteiger partial charge on any atom is -0.249 e. The molecule has 8 heteroatoms. The van der Waals surface area contributed by atoms with E-state index in [2.05, 4.69) is 5.10 Å². The summed E-state index contributed by atoms with van der Waals surface area (Å²) in [6.45, 7) is 3.91. The van der Waals surface area contributed by atoms with Crippen LogP contribution in [0.1, 0.15) is 11.1 Å². The minimum atomic E-state index is -1.63. The Morgan fingerprint density at radius 3 is 2.53 bits per heavy atom. The van der Waals surface area contributed by atoms with Crippen molar-refractivity contribution in [1.82, 2.24) is 13.8 Å². The third-order valence-electron chi connectivity index (χ3n) is 2.44. The Labute approximate surface area is 129 Å². The first-order valence-electron chi connectivity index (χ1n) is 5.28. The maximum absolute atomic E-state index is 12.2. The Kier molecular flexibility index (Phi) is 4.20. The van der Waals surface area contributed by atoms with Gasteiger partial charge in [-0.05, 0) is 25.5 Å². The first kappa shape index (κ1) is 14.8. The van der Waals surface area contributed by atoms with Crippen molar-refractivity contribution in [1.29, 1.82) is 0 Å². The van der Waals surface area contributed by atoms with Gasteiger partial charge >= 0.3 is 5.69 Å². The molecule has 0 N–H and O–H groups in total. The van der Waals surface area contributed by atoms with Gasteiger partial charge in [0.25, 0.3) is 3.12 Å². The topological polar surface area (TPSA) is 39.8 Å². The van der Waals surface area contributed by atoms with Crippen molar-refractivity contribution in [2.24, 2.45) is 0 Å². The quantitative estimate of drug-likeness (QED) is 0.787. The highest BCUT2D eigenvalue weighted by atomic mass is 35.6. The van der Waals surface area contributed by atoms with Gasteiger partial charge in [-0.1, -0.05) is 52.5 Å². The van der Waals surface area contributed by atoms with Gasteiger partial charge < -0.3 is 0 Å². The van der Waals surface area contributed by atoms with E-state index in [9.17, 15) is 4.79 Å². The molecular weight excluding hydrogens is 329 g/mol. The molecule has 0 saturated heterocycles. The number of halogens is 3. The van der Waals surface area contributed by atoms with Crippen LogP contribution in [0.25, 0.3) is 5.69 Å². The summed E-state index contributed by atoms with van der Waals surface area (Å²) in [6, 6.07) is 5.77. The molecule has 0 bridgehead atoms. The lowest BCUT2D eigenvalue weighted by Crippen LogP contribution is -2.22. The van der Waals surface area contributed by atoms with E-state index >= 15 is 0 Å². The largest absolute Gasteiger partial charge is 0.361 e. The van der Waals surface area contributed by atoms with E-state index in [1.165, 1.54) is 10.9 Å². The molecule has 0 fully saturated rings. The van der Waals surface area contributed by atoms with Gasteiger partial charge in [-0.3, -0.25) is 0 Å². The molecule has 1 heterocycles. The van der Waals surface area contributed by atoms with E-state index in [0.29, 0.717) is 0 Å². The lowest BCUT2D eigenvalue weighted by atomic mass is 10.1. The zero-order valence-corrected chi connectivity index (χ0v) is 13.2. The molecule has 19 heavy (non-hydrogen) atoms. The third-order valence-corrected chi connectivity index (χ3v) is 3.69. The van der Waals surface area contributed by atoms with Crippen LogP contribution in [0.5, 0.6) is 0 Å². The molecule has 0 aliphatic carbocycles. The molecule has 0 unspecified atom stereocenters. The fraction of sp³-hybridized carbons (Fsp3) is 0.273. The molecule has 4 nitrogen and oxygen atoms in total. The van der Waals surface area contributed by atoms with Gasteiger partial charge in [0.05, 0.1) is 5.69 Å². The Morgan fingerprint density at radius 1 is 1.26 bits per heavy atom. The number of aromatic nitrogens is 3. The highest BCUT2D eigenvalue weighted by Crippen LogP contribution is 2.38. The van der Waals surface area contributed by atoms with Crippen LogP contribution in [0.4, 0.5) is 0 Å². The van der Waals surface area contributed by atoms with Crippen molar-refractivity contribution in [2.75, 3.05) is 0 Å². The molecule has 0 radical (unpaired) electrons. The van der Waals surface area contributed by atoms with E-state index in [1.54, 1.807) is 0 Å². The summed E-state index contributed by atoms with van der Waals surface area (Å²) in [7, 11) is 0. The molecular formula is C11H10Cl3N3OS. The first-order valence-corrected chi connectivity index (χ1v) is 7.19. The zero-order valence-electron chi connectivity index (χ0n) is 10.1. The Morgan fingerprint density at radius 2 is 1.95 bits per heavy atom. The molecule has 1 aromatic carbocycles. The van der Waals surface area contributed by atoms with Gasteiger partial charge in [-0.25, -0.2) is 9.36 Å². The number of hydrogen-bond acceptors (Lipinski definition) is 3. The maximum Gasteiger partial charge on any atom is 0.361 e. The SMILES string of the molecule is Cc1ccc(-n2cnn(SC(Cl)(Cl)Cl)c2=O)c(C)c1. The van der Waals surface area contributed by atoms with Crippen LogP contribution in [-0.2, 0) is 0 Å². The average molecular weight is 339 g/mol. The first-order chi connectivity index (χ1) is 8.78. The van der Waals surface area contributed by atoms with Crippen LogP contribution < -0.4 is 5.69 Å². The third kappa shape index (κ3) is 3.48. The predicted octanol–water partition coefficient (Wildman–Crippen LogP) is 3.47. The number of benzene rings is 1. The van der Waals surface area contributed by atoms with Crippen molar-refractivity contribution in [3.63, 3.8) is 0 Å². The summed E-state index contributed by atoms with van der Waals surface area (Å²) in [5.41, 5.74) is 2.48. The second-order valence-corrected chi connectivity index (χ2v) is 8.08. The second kappa shape index (κ2) is 5.40. The van der Waals surface area contributed by atoms with Crippen molar-refractivity contribution < 1.29 is 0 Å². The summed E-state index contributed by atoms with van der Waals surface area (Å²) in [4.78, 5) is 12.2. The molecule has 0 aliphatic heterocycles. The molecule has 0 amide bonds. The van der Waals surface area contributed by atoms with Crippen LogP contribution in [0.3, 0.4) is 0 Å². The Balaban J connectivity index is 2.45. The number of aryl methyl sites for hydroxylation is 2. The van der Waals surface area contributed by atoms with Gasteiger partial charge in [0.1, 0.15) is 6.33 Å². The lowest BCUT2D eigenvalue weighted by molar-refractivity contribution is 0.931. The minimum absolute atomic E-state index is 0.372. The van der Waals surface area contributed by atoms with Crippen molar-refractivity contribution in [2.45, 2.75) is 17.0 Å². The predicted molar refractivity (Wildman–Crippen MR) is 80.6 cm³/mol. The Hall–Kier alpha value is -0.620. The summed E-state index contributed by atoms with van der Waals surface area (Å²) in [6.07, 6.45) is 1.41. The van der Waals surface area contributed by atoms with E-state index < -0.39 is 3.12 Å². The smallest absolute Gasteiger partial charge is 0.249 e. The summed E-state index contributed by atoms with van der Waals surface area (Å²) in [5, 5.41) is 3.92. The summed E-state index contributed by atoms with van der Waals surface area (Å²) >= 11 is 17.6. The van der Waals surface area contributed by atoms with E-state index in [4.69, 9.17) is 34.8 Å². The highest BCUT2D eigenvalue weighted by molar-refractivity contribution is 8.03. The molecule has 2 rings (SSSR count). The van der Waals surface area contributed by atoms with Gasteiger partial charge in [0.2, 0.25) is 0 Å². The van der Waals surface area contributed by atoms with E-state index in [0.717, 1.165) is 32.8 Å². The summed E-state index contributed by atoms with van der Waals surface area (Å²) < 4.78 is 0.829. The normalized spacial score (nSPS) is 11.8. The molecule has 102 valence electrons. The van der Waals surface area contributed by atoms with E-state index in [1.807, 2.05) is 32.0 Å². The standard InChI is InChI=1S/C11H10Cl3N3OS/c1-7-3-4-9(8(2)5-7)16-6-15-17(10(16)18)19-11(12,13)14/h3-6H,1-2H3. The summed E-state index contributed by atoms with van der Waals surface area (Å²) in [5.74, 6) is 0. The van der Waals surface area contributed by atoms with E-state index in [-0.39, 0.29) is 5.69 Å². The highest BCUT2D eigenvalue weighted by Gasteiger charge is 2.24. The molecule has 0 spiro atoms. The molecule has 0 atom stereocenters. The molecule has 0 aliphatic rings. The number of hydrogen-bond donors (Lipinski definition) is 0. The molecule has 2 aromatic rings. The fourth-order valence-electron chi connectivity index (χ4n) is 1.69. The number of nitrogens with zero attached hydrogens (tertiary/aromatic N) is 3. The zero-order chi connectivity index (χ0) is 14.2. The van der Waals surface area contributed by atoms with Crippen LogP contribution in [-0.4, -0.2) is 16.9 Å². The van der Waals surface area contributed by atoms with Crippen LogP contribution >= 0.6 is 46.8 Å². The van der Waals surface area contributed by atoms with Gasteiger partial charge in [0.15, 0.2) is 0 Å². The van der Waals surface area contributed by atoms with Gasteiger partial charge in [0, 0.05) is 11.9 Å². The Bertz CT molecular complexity index is 660. The number of rotatable bonds is 2. The molecule has 1 aromatic heterocycles. The fourth-order valence-corrected chi connectivity index (χ4v) is 2.73. The second-order valence-electron chi connectivity index (χ2n) is 3.98. The van der Waals surface area contributed by atoms with Gasteiger partial charge in [-0.2, -0.15) is 0 Å².